The van der Waals surface area contributed by atoms with Crippen LogP contribution in [0, 0.1) is 0 Å². The number of carbonyl (C=O) groups excluding carboxylic acids is 1. The van der Waals surface area contributed by atoms with Crippen molar-refractivity contribution in [3.63, 3.8) is 0 Å². The van der Waals surface area contributed by atoms with Crippen LogP contribution in [0.15, 0.2) is 21.5 Å². The van der Waals surface area contributed by atoms with Crippen LogP contribution in [0.5, 0.6) is 0 Å². The zero-order valence-corrected chi connectivity index (χ0v) is 11.2. The minimum absolute atomic E-state index is 0.177. The summed E-state index contributed by atoms with van der Waals surface area (Å²) in [6.07, 6.45) is 2.41. The molecular weight excluding hydrogens is 244 g/mol. The first-order valence-corrected chi connectivity index (χ1v) is 6.62. The average molecular weight is 264 g/mol. The van der Waals surface area contributed by atoms with Gasteiger partial charge in [-0.2, -0.15) is 0 Å². The quantitative estimate of drug-likeness (QED) is 0.626. The zero-order chi connectivity index (χ0) is 13.7. The predicted molar refractivity (Wildman–Crippen MR) is 72.8 cm³/mol. The predicted octanol–water partition coefficient (Wildman–Crippen LogP) is 0.940. The van der Waals surface area contributed by atoms with Gasteiger partial charge in [0.05, 0.1) is 0 Å². The maximum Gasteiger partial charge on any atom is 0.284 e. The molecule has 6 heteroatoms. The van der Waals surface area contributed by atoms with Crippen molar-refractivity contribution in [2.75, 3.05) is 19.6 Å². The van der Waals surface area contributed by atoms with Gasteiger partial charge in [-0.15, -0.1) is 0 Å². The van der Waals surface area contributed by atoms with Crippen molar-refractivity contribution in [3.05, 3.63) is 23.7 Å². The molecule has 0 radical (unpaired) electrons. The summed E-state index contributed by atoms with van der Waals surface area (Å²) in [6, 6.07) is 3.31. The third-order valence-corrected chi connectivity index (χ3v) is 3.03. The molecule has 2 rings (SSSR count). The molecule has 19 heavy (non-hydrogen) atoms. The van der Waals surface area contributed by atoms with Gasteiger partial charge in [0.1, 0.15) is 12.3 Å². The van der Waals surface area contributed by atoms with E-state index in [4.69, 9.17) is 10.2 Å². The van der Waals surface area contributed by atoms with E-state index >= 15 is 0 Å². The highest BCUT2D eigenvalue weighted by Gasteiger charge is 2.15. The van der Waals surface area contributed by atoms with E-state index in [1.54, 1.807) is 12.1 Å². The average Bonchev–Trinajstić information content (AvgIpc) is 3.05. The van der Waals surface area contributed by atoms with Crippen LogP contribution >= 0.6 is 0 Å². The summed E-state index contributed by atoms with van der Waals surface area (Å²) in [6.45, 7) is 5.36. The third kappa shape index (κ3) is 3.49. The lowest BCUT2D eigenvalue weighted by atomic mass is 10.4. The molecular formula is C13H20N4O2. The summed E-state index contributed by atoms with van der Waals surface area (Å²) < 4.78 is 5.31. The molecule has 0 unspecified atom stereocenters. The Hall–Kier alpha value is -1.98. The number of hydrogen-bond acceptors (Lipinski definition) is 3. The van der Waals surface area contributed by atoms with Crippen molar-refractivity contribution in [2.24, 2.45) is 10.7 Å². The number of rotatable bonds is 4. The Morgan fingerprint density at radius 3 is 2.79 bits per heavy atom. The molecule has 0 saturated carbocycles. The highest BCUT2D eigenvalue weighted by molar-refractivity contribution is 5.89. The van der Waals surface area contributed by atoms with Gasteiger partial charge in [-0.3, -0.25) is 4.79 Å². The zero-order valence-electron chi connectivity index (χ0n) is 11.2. The van der Waals surface area contributed by atoms with Crippen LogP contribution in [0.1, 0.15) is 36.1 Å². The number of nitrogens with two attached hydrogens (primary N) is 1. The van der Waals surface area contributed by atoms with Crippen molar-refractivity contribution >= 4 is 11.9 Å². The van der Waals surface area contributed by atoms with Crippen LogP contribution in [0.25, 0.3) is 0 Å². The van der Waals surface area contributed by atoms with E-state index in [1.165, 1.54) is 12.8 Å². The molecule has 0 bridgehead atoms. The summed E-state index contributed by atoms with van der Waals surface area (Å²) in [5.74, 6) is 1.17. The first kappa shape index (κ1) is 13.5. The number of guanidine groups is 1. The Morgan fingerprint density at radius 2 is 2.21 bits per heavy atom. The van der Waals surface area contributed by atoms with Gasteiger partial charge in [-0.25, -0.2) is 4.99 Å². The summed E-state index contributed by atoms with van der Waals surface area (Å²) in [4.78, 5) is 17.7. The van der Waals surface area contributed by atoms with Crippen molar-refractivity contribution < 1.29 is 9.21 Å². The minimum Gasteiger partial charge on any atom is -0.454 e. The number of hydrogen-bond donors (Lipinski definition) is 2. The molecule has 1 amide bonds. The second-order valence-corrected chi connectivity index (χ2v) is 4.49. The fraction of sp³-hybridized carbons (Fsp3) is 0.538. The number of amides is 1. The molecule has 0 atom stereocenters. The molecule has 0 spiro atoms. The SMILES string of the molecule is CCNC(=NCc1ccc(C(N)=O)o1)N1CCCC1. The lowest BCUT2D eigenvalue weighted by Gasteiger charge is -2.20. The van der Waals surface area contributed by atoms with Crippen LogP contribution in [0.4, 0.5) is 0 Å². The monoisotopic (exact) mass is 264 g/mol. The van der Waals surface area contributed by atoms with E-state index in [-0.39, 0.29) is 5.76 Å². The number of nitrogens with zero attached hydrogens (tertiary/aromatic N) is 2. The van der Waals surface area contributed by atoms with Crippen LogP contribution in [-0.2, 0) is 6.54 Å². The van der Waals surface area contributed by atoms with Crippen LogP contribution < -0.4 is 11.1 Å². The Bertz CT molecular complexity index is 461. The van der Waals surface area contributed by atoms with Gasteiger partial charge in [-0.05, 0) is 31.9 Å². The van der Waals surface area contributed by atoms with E-state index < -0.39 is 5.91 Å². The first-order valence-electron chi connectivity index (χ1n) is 6.62. The topological polar surface area (TPSA) is 83.9 Å². The van der Waals surface area contributed by atoms with E-state index in [1.807, 2.05) is 6.92 Å². The van der Waals surface area contributed by atoms with Gasteiger partial charge in [0.25, 0.3) is 5.91 Å². The Balaban J connectivity index is 2.01. The van der Waals surface area contributed by atoms with Gasteiger partial charge in [0.2, 0.25) is 0 Å². The molecule has 3 N–H and O–H groups in total. The molecule has 1 aromatic heterocycles. The molecule has 0 aliphatic carbocycles. The number of nitrogens with one attached hydrogen (secondary N) is 1. The van der Waals surface area contributed by atoms with Crippen LogP contribution in [-0.4, -0.2) is 36.4 Å². The lowest BCUT2D eigenvalue weighted by Crippen LogP contribution is -2.39. The molecule has 1 aromatic rings. The summed E-state index contributed by atoms with van der Waals surface area (Å²) in [5.41, 5.74) is 5.14. The number of carbonyl (C=O) groups is 1. The highest BCUT2D eigenvalue weighted by Crippen LogP contribution is 2.11. The van der Waals surface area contributed by atoms with E-state index in [9.17, 15) is 4.79 Å². The summed E-state index contributed by atoms with van der Waals surface area (Å²) >= 11 is 0. The Labute approximate surface area is 112 Å². The second kappa shape index (κ2) is 6.26. The maximum atomic E-state index is 10.9. The van der Waals surface area contributed by atoms with Gasteiger partial charge in [0.15, 0.2) is 11.7 Å². The van der Waals surface area contributed by atoms with Gasteiger partial charge in [-0.1, -0.05) is 0 Å². The largest absolute Gasteiger partial charge is 0.454 e. The van der Waals surface area contributed by atoms with Crippen molar-refractivity contribution in [1.29, 1.82) is 0 Å². The van der Waals surface area contributed by atoms with E-state index in [0.29, 0.717) is 12.3 Å². The minimum atomic E-state index is -0.554. The van der Waals surface area contributed by atoms with Crippen molar-refractivity contribution in [3.8, 4) is 0 Å². The molecule has 2 heterocycles. The Morgan fingerprint density at radius 1 is 1.47 bits per heavy atom. The standard InChI is InChI=1S/C13H20N4O2/c1-2-15-13(17-7-3-4-8-17)16-9-10-5-6-11(19-10)12(14)18/h5-6H,2-4,7-9H2,1H3,(H2,14,18)(H,15,16). The fourth-order valence-electron chi connectivity index (χ4n) is 2.10. The number of primary amides is 1. The third-order valence-electron chi connectivity index (χ3n) is 3.03. The maximum absolute atomic E-state index is 10.9. The molecule has 6 nitrogen and oxygen atoms in total. The van der Waals surface area contributed by atoms with E-state index in [0.717, 1.165) is 25.6 Å². The second-order valence-electron chi connectivity index (χ2n) is 4.49. The summed E-state index contributed by atoms with van der Waals surface area (Å²) in [5, 5.41) is 3.27. The number of furan rings is 1. The van der Waals surface area contributed by atoms with Gasteiger partial charge < -0.3 is 20.4 Å². The van der Waals surface area contributed by atoms with Crippen molar-refractivity contribution in [1.82, 2.24) is 10.2 Å². The first-order chi connectivity index (χ1) is 9.20. The highest BCUT2D eigenvalue weighted by atomic mass is 16.3. The molecule has 1 fully saturated rings. The number of likely N-dealkylation sites (tertiary alicyclic amines) is 1. The smallest absolute Gasteiger partial charge is 0.284 e. The van der Waals surface area contributed by atoms with Gasteiger partial charge >= 0.3 is 0 Å². The fourth-order valence-corrected chi connectivity index (χ4v) is 2.10. The Kier molecular flexibility index (Phi) is 4.43. The molecule has 0 aromatic carbocycles. The normalized spacial score (nSPS) is 15.8. The van der Waals surface area contributed by atoms with Crippen LogP contribution in [0.3, 0.4) is 0 Å². The molecule has 1 saturated heterocycles. The molecule has 104 valence electrons. The lowest BCUT2D eigenvalue weighted by molar-refractivity contribution is 0.0972. The number of aliphatic imine (C=N–C) groups is 1. The van der Waals surface area contributed by atoms with Gasteiger partial charge in [0, 0.05) is 19.6 Å². The summed E-state index contributed by atoms with van der Waals surface area (Å²) in [7, 11) is 0. The molecule has 1 aliphatic heterocycles. The molecule has 1 aliphatic rings. The van der Waals surface area contributed by atoms with Crippen LogP contribution in [0.2, 0.25) is 0 Å². The van der Waals surface area contributed by atoms with Crippen molar-refractivity contribution in [2.45, 2.75) is 26.3 Å². The van der Waals surface area contributed by atoms with E-state index in [2.05, 4.69) is 15.2 Å².